The first kappa shape index (κ1) is 19.7. The van der Waals surface area contributed by atoms with Gasteiger partial charge >= 0.3 is 0 Å². The lowest BCUT2D eigenvalue weighted by Gasteiger charge is -2.20. The van der Waals surface area contributed by atoms with E-state index in [1.165, 1.54) is 6.20 Å². The zero-order valence-electron chi connectivity index (χ0n) is 17.0. The van der Waals surface area contributed by atoms with Crippen molar-refractivity contribution >= 4 is 21.9 Å². The highest BCUT2D eigenvalue weighted by molar-refractivity contribution is 7.83. The molecule has 1 saturated carbocycles. The quantitative estimate of drug-likeness (QED) is 0.671. The van der Waals surface area contributed by atoms with Gasteiger partial charge in [0.15, 0.2) is 5.69 Å². The standard InChI is InChI=1S/C22H25N5OS/c1-22(2,3)14-27-13-16(12-26-29(28)17-5-6-17)18-7-4-15(10-20(18)27)21-19(11-23)24-8-9-25-21/h4,7-10,13,17,26H,5-6,12,14H2,1-3H3. The predicted molar refractivity (Wildman–Crippen MR) is 115 cm³/mol. The maximum absolute atomic E-state index is 12.2. The molecule has 3 aromatic rings. The Morgan fingerprint density at radius 2 is 2.03 bits per heavy atom. The SMILES string of the molecule is CC(C)(C)Cn1cc(CNS(=O)C2CC2)c2ccc(-c3nccnc3C#N)cc21. The molecule has 1 aliphatic rings. The zero-order chi connectivity index (χ0) is 20.6. The Labute approximate surface area is 173 Å². The van der Waals surface area contributed by atoms with Gasteiger partial charge in [-0.2, -0.15) is 5.26 Å². The van der Waals surface area contributed by atoms with Crippen LogP contribution in [0.1, 0.15) is 44.9 Å². The molecule has 0 spiro atoms. The molecule has 1 fully saturated rings. The molecular weight excluding hydrogens is 382 g/mol. The predicted octanol–water partition coefficient (Wildman–Crippen LogP) is 3.93. The van der Waals surface area contributed by atoms with Gasteiger partial charge in [-0.05, 0) is 29.9 Å². The molecule has 0 aliphatic heterocycles. The van der Waals surface area contributed by atoms with Gasteiger partial charge in [0.2, 0.25) is 0 Å². The summed E-state index contributed by atoms with van der Waals surface area (Å²) in [6.07, 6.45) is 7.39. The normalized spacial score (nSPS) is 15.4. The summed E-state index contributed by atoms with van der Waals surface area (Å²) in [5.41, 5.74) is 4.10. The topological polar surface area (TPSA) is 83.6 Å². The van der Waals surface area contributed by atoms with Crippen molar-refractivity contribution in [2.75, 3.05) is 0 Å². The number of hydrogen-bond donors (Lipinski definition) is 1. The molecule has 0 radical (unpaired) electrons. The van der Waals surface area contributed by atoms with E-state index < -0.39 is 11.0 Å². The molecule has 1 N–H and O–H groups in total. The van der Waals surface area contributed by atoms with E-state index in [2.05, 4.69) is 64.4 Å². The average molecular weight is 408 g/mol. The van der Waals surface area contributed by atoms with E-state index in [4.69, 9.17) is 0 Å². The van der Waals surface area contributed by atoms with Crippen molar-refractivity contribution in [1.29, 1.82) is 5.26 Å². The third-order valence-corrected chi connectivity index (χ3v) is 6.42. The maximum Gasteiger partial charge on any atom is 0.166 e. The number of aromatic nitrogens is 3. The molecule has 2 heterocycles. The van der Waals surface area contributed by atoms with Crippen LogP contribution >= 0.6 is 0 Å². The van der Waals surface area contributed by atoms with Crippen molar-refractivity contribution in [3.8, 4) is 17.3 Å². The molecule has 1 unspecified atom stereocenters. The molecule has 0 saturated heterocycles. The Morgan fingerprint density at radius 3 is 2.72 bits per heavy atom. The molecular formula is C22H25N5OS. The van der Waals surface area contributed by atoms with Gasteiger partial charge in [0, 0.05) is 53.4 Å². The lowest BCUT2D eigenvalue weighted by Crippen LogP contribution is -2.19. The number of hydrogen-bond acceptors (Lipinski definition) is 4. The molecule has 2 aromatic heterocycles. The summed E-state index contributed by atoms with van der Waals surface area (Å²) in [6.45, 7) is 8.05. The van der Waals surface area contributed by atoms with Crippen LogP contribution < -0.4 is 4.72 Å². The van der Waals surface area contributed by atoms with Crippen molar-refractivity contribution < 1.29 is 4.21 Å². The van der Waals surface area contributed by atoms with Crippen LogP contribution in [0.4, 0.5) is 0 Å². The van der Waals surface area contributed by atoms with Gasteiger partial charge in [0.25, 0.3) is 0 Å². The van der Waals surface area contributed by atoms with Gasteiger partial charge in [0.1, 0.15) is 11.8 Å². The van der Waals surface area contributed by atoms with Gasteiger partial charge in [-0.3, -0.25) is 4.98 Å². The van der Waals surface area contributed by atoms with E-state index in [1.54, 1.807) is 6.20 Å². The molecule has 1 atom stereocenters. The van der Waals surface area contributed by atoms with Crippen LogP contribution in [0.3, 0.4) is 0 Å². The highest BCUT2D eigenvalue weighted by atomic mass is 32.2. The summed E-state index contributed by atoms with van der Waals surface area (Å²) >= 11 is 0. The van der Waals surface area contributed by atoms with Crippen molar-refractivity contribution in [2.24, 2.45) is 5.41 Å². The summed E-state index contributed by atoms with van der Waals surface area (Å²) in [5, 5.41) is 10.8. The van der Waals surface area contributed by atoms with Crippen molar-refractivity contribution in [1.82, 2.24) is 19.3 Å². The molecule has 29 heavy (non-hydrogen) atoms. The number of rotatable bonds is 6. The molecule has 6 nitrogen and oxygen atoms in total. The molecule has 7 heteroatoms. The first-order valence-electron chi connectivity index (χ1n) is 9.83. The maximum atomic E-state index is 12.2. The Morgan fingerprint density at radius 1 is 1.28 bits per heavy atom. The molecule has 1 aromatic carbocycles. The van der Waals surface area contributed by atoms with Gasteiger partial charge in [-0.25, -0.2) is 13.9 Å². The summed E-state index contributed by atoms with van der Waals surface area (Å²) in [5.74, 6) is 0. The largest absolute Gasteiger partial charge is 0.347 e. The Kier molecular flexibility index (Phi) is 5.24. The Balaban J connectivity index is 1.75. The summed E-state index contributed by atoms with van der Waals surface area (Å²) in [7, 11) is -0.966. The summed E-state index contributed by atoms with van der Waals surface area (Å²) in [4.78, 5) is 8.51. The molecule has 0 bridgehead atoms. The van der Waals surface area contributed by atoms with Crippen LogP contribution in [0, 0.1) is 16.7 Å². The second kappa shape index (κ2) is 7.69. The van der Waals surface area contributed by atoms with Crippen LogP contribution in [0.2, 0.25) is 0 Å². The first-order valence-corrected chi connectivity index (χ1v) is 11.0. The van der Waals surface area contributed by atoms with Crippen molar-refractivity contribution in [3.63, 3.8) is 0 Å². The number of nitriles is 1. The van der Waals surface area contributed by atoms with Crippen molar-refractivity contribution in [3.05, 3.63) is 48.0 Å². The molecule has 150 valence electrons. The number of benzene rings is 1. The zero-order valence-corrected chi connectivity index (χ0v) is 17.8. The minimum atomic E-state index is -0.966. The smallest absolute Gasteiger partial charge is 0.166 e. The molecule has 1 aliphatic carbocycles. The van der Waals surface area contributed by atoms with Crippen LogP contribution in [0.25, 0.3) is 22.2 Å². The van der Waals surface area contributed by atoms with E-state index in [9.17, 15) is 9.47 Å². The lowest BCUT2D eigenvalue weighted by molar-refractivity contribution is 0.349. The summed E-state index contributed by atoms with van der Waals surface area (Å²) in [6, 6.07) is 8.25. The van der Waals surface area contributed by atoms with E-state index in [0.717, 1.165) is 41.4 Å². The monoisotopic (exact) mass is 407 g/mol. The number of nitrogens with zero attached hydrogens (tertiary/aromatic N) is 4. The fraction of sp³-hybridized carbons (Fsp3) is 0.409. The minimum absolute atomic E-state index is 0.105. The third-order valence-electron chi connectivity index (χ3n) is 4.92. The van der Waals surface area contributed by atoms with Crippen molar-refractivity contribution in [2.45, 2.75) is 52.0 Å². The van der Waals surface area contributed by atoms with Crippen LogP contribution in [-0.2, 0) is 24.1 Å². The Hall–Kier alpha value is -2.56. The fourth-order valence-corrected chi connectivity index (χ4v) is 4.58. The second-order valence-electron chi connectivity index (χ2n) is 8.76. The van der Waals surface area contributed by atoms with Crippen LogP contribution in [0.15, 0.2) is 36.8 Å². The van der Waals surface area contributed by atoms with E-state index in [0.29, 0.717) is 23.2 Å². The number of nitrogens with one attached hydrogen (secondary N) is 1. The highest BCUT2D eigenvalue weighted by Crippen LogP contribution is 2.31. The van der Waals surface area contributed by atoms with Gasteiger partial charge in [-0.1, -0.05) is 32.9 Å². The van der Waals surface area contributed by atoms with Gasteiger partial charge in [-0.15, -0.1) is 0 Å². The van der Waals surface area contributed by atoms with Gasteiger partial charge < -0.3 is 4.57 Å². The van der Waals surface area contributed by atoms with Gasteiger partial charge in [0.05, 0.1) is 11.0 Å². The van der Waals surface area contributed by atoms with Crippen LogP contribution in [0.5, 0.6) is 0 Å². The first-order chi connectivity index (χ1) is 13.9. The lowest BCUT2D eigenvalue weighted by atomic mass is 9.97. The van der Waals surface area contributed by atoms with E-state index in [-0.39, 0.29) is 5.41 Å². The minimum Gasteiger partial charge on any atom is -0.347 e. The fourth-order valence-electron chi connectivity index (χ4n) is 3.48. The third kappa shape index (κ3) is 4.39. The molecule has 0 amide bonds. The number of fused-ring (bicyclic) bond motifs is 1. The van der Waals surface area contributed by atoms with E-state index in [1.807, 2.05) is 6.07 Å². The van der Waals surface area contributed by atoms with Crippen LogP contribution in [-0.4, -0.2) is 24.0 Å². The Bertz CT molecular complexity index is 1120. The molecule has 4 rings (SSSR count). The van der Waals surface area contributed by atoms with E-state index >= 15 is 0 Å². The highest BCUT2D eigenvalue weighted by Gasteiger charge is 2.28. The summed E-state index contributed by atoms with van der Waals surface area (Å²) < 4.78 is 17.6. The second-order valence-corrected chi connectivity index (χ2v) is 10.3. The average Bonchev–Trinajstić information content (AvgIpc) is 3.49.